The largest absolute Gasteiger partial charge is 0.462 e. The third-order valence-corrected chi connectivity index (χ3v) is 14.7. The summed E-state index contributed by atoms with van der Waals surface area (Å²) in [5, 5.41) is 0. The predicted molar refractivity (Wildman–Crippen MR) is 362 cm³/mol. The Balaban J connectivity index is 4.02. The first-order chi connectivity index (χ1) is 41.0. The summed E-state index contributed by atoms with van der Waals surface area (Å²) in [4.78, 5) is 38.0. The lowest BCUT2D eigenvalue weighted by Gasteiger charge is -2.18. The van der Waals surface area contributed by atoms with Crippen LogP contribution in [-0.4, -0.2) is 37.2 Å². The highest BCUT2D eigenvalue weighted by Crippen LogP contribution is 2.17. The van der Waals surface area contributed by atoms with Crippen molar-refractivity contribution in [1.29, 1.82) is 0 Å². The molecule has 0 aromatic heterocycles. The molecule has 1 unspecified atom stereocenters. The minimum Gasteiger partial charge on any atom is -0.462 e. The van der Waals surface area contributed by atoms with Gasteiger partial charge in [0.25, 0.3) is 0 Å². The third-order valence-electron chi connectivity index (χ3n) is 14.7. The van der Waals surface area contributed by atoms with E-state index in [9.17, 15) is 14.4 Å². The molecule has 0 amide bonds. The maximum Gasteiger partial charge on any atom is 0.306 e. The van der Waals surface area contributed by atoms with Gasteiger partial charge in [0.05, 0.1) is 0 Å². The molecule has 0 saturated carbocycles. The number of esters is 3. The Kier molecular flexibility index (Phi) is 66.3. The van der Waals surface area contributed by atoms with Gasteiger partial charge in [0.15, 0.2) is 6.10 Å². The van der Waals surface area contributed by atoms with Crippen LogP contribution in [0.15, 0.2) is 134 Å². The fourth-order valence-corrected chi connectivity index (χ4v) is 9.53. The van der Waals surface area contributed by atoms with Gasteiger partial charge < -0.3 is 14.2 Å². The second-order valence-electron chi connectivity index (χ2n) is 22.7. The average molecular weight is 1150 g/mol. The van der Waals surface area contributed by atoms with E-state index in [0.717, 1.165) is 154 Å². The normalized spacial score (nSPS) is 13.0. The molecular formula is C77H128O6. The van der Waals surface area contributed by atoms with Crippen molar-refractivity contribution in [2.75, 3.05) is 13.2 Å². The van der Waals surface area contributed by atoms with Gasteiger partial charge in [-0.1, -0.05) is 315 Å². The van der Waals surface area contributed by atoms with Crippen molar-refractivity contribution < 1.29 is 28.6 Å². The van der Waals surface area contributed by atoms with E-state index in [1.54, 1.807) is 0 Å². The summed E-state index contributed by atoms with van der Waals surface area (Å²) < 4.78 is 16.8. The summed E-state index contributed by atoms with van der Waals surface area (Å²) in [6, 6.07) is 0. The van der Waals surface area contributed by atoms with Crippen LogP contribution in [0.5, 0.6) is 0 Å². The molecule has 0 aliphatic rings. The molecule has 0 spiro atoms. The van der Waals surface area contributed by atoms with Crippen LogP contribution in [0.4, 0.5) is 0 Å². The van der Waals surface area contributed by atoms with E-state index >= 15 is 0 Å². The highest BCUT2D eigenvalue weighted by atomic mass is 16.6. The molecule has 0 rings (SSSR count). The van der Waals surface area contributed by atoms with E-state index in [1.165, 1.54) is 122 Å². The van der Waals surface area contributed by atoms with E-state index in [1.807, 2.05) is 0 Å². The zero-order valence-electron chi connectivity index (χ0n) is 54.2. The number of unbranched alkanes of at least 4 members (excludes halogenated alkanes) is 29. The van der Waals surface area contributed by atoms with Crippen LogP contribution in [0, 0.1) is 0 Å². The highest BCUT2D eigenvalue weighted by molar-refractivity contribution is 5.71. The fourth-order valence-electron chi connectivity index (χ4n) is 9.53. The summed E-state index contributed by atoms with van der Waals surface area (Å²) in [7, 11) is 0. The van der Waals surface area contributed by atoms with Crippen LogP contribution < -0.4 is 0 Å². The Hall–Kier alpha value is -4.45. The molecular weight excluding hydrogens is 1020 g/mol. The predicted octanol–water partition coefficient (Wildman–Crippen LogP) is 24.1. The monoisotopic (exact) mass is 1150 g/mol. The van der Waals surface area contributed by atoms with Crippen LogP contribution in [-0.2, 0) is 28.6 Å². The lowest BCUT2D eigenvalue weighted by atomic mass is 10.0. The summed E-state index contributed by atoms with van der Waals surface area (Å²) in [5.41, 5.74) is 0. The van der Waals surface area contributed by atoms with Gasteiger partial charge in [-0.25, -0.2) is 0 Å². The molecule has 0 aliphatic heterocycles. The third kappa shape index (κ3) is 68.2. The molecule has 1 atom stereocenters. The lowest BCUT2D eigenvalue weighted by molar-refractivity contribution is -0.167. The first-order valence-corrected chi connectivity index (χ1v) is 34.7. The minimum atomic E-state index is -0.788. The number of carbonyl (C=O) groups is 3. The quantitative estimate of drug-likeness (QED) is 0.0261. The van der Waals surface area contributed by atoms with Crippen molar-refractivity contribution in [2.45, 2.75) is 322 Å². The van der Waals surface area contributed by atoms with Crippen molar-refractivity contribution in [3.05, 3.63) is 134 Å². The maximum atomic E-state index is 12.8. The Morgan fingerprint density at radius 1 is 0.253 bits per heavy atom. The molecule has 0 heterocycles. The summed E-state index contributed by atoms with van der Waals surface area (Å²) in [6.07, 6.45) is 99.6. The molecule has 6 nitrogen and oxygen atoms in total. The van der Waals surface area contributed by atoms with Gasteiger partial charge in [0, 0.05) is 19.3 Å². The van der Waals surface area contributed by atoms with Crippen molar-refractivity contribution in [3.8, 4) is 0 Å². The second kappa shape index (κ2) is 70.0. The smallest absolute Gasteiger partial charge is 0.306 e. The molecule has 0 aromatic carbocycles. The van der Waals surface area contributed by atoms with E-state index in [4.69, 9.17) is 14.2 Å². The van der Waals surface area contributed by atoms with Gasteiger partial charge in [-0.15, -0.1) is 0 Å². The average Bonchev–Trinajstić information content (AvgIpc) is 3.49. The summed E-state index contributed by atoms with van der Waals surface area (Å²) in [5.74, 6) is -0.913. The highest BCUT2D eigenvalue weighted by Gasteiger charge is 2.19. The molecule has 0 bridgehead atoms. The van der Waals surface area contributed by atoms with Gasteiger partial charge in [0.2, 0.25) is 0 Å². The molecule has 0 aromatic rings. The number of ether oxygens (including phenoxy) is 3. The van der Waals surface area contributed by atoms with E-state index in [-0.39, 0.29) is 31.1 Å². The zero-order chi connectivity index (χ0) is 59.9. The summed E-state index contributed by atoms with van der Waals surface area (Å²) >= 11 is 0. The van der Waals surface area contributed by atoms with Gasteiger partial charge in [0.1, 0.15) is 13.2 Å². The molecule has 472 valence electrons. The molecule has 0 saturated heterocycles. The van der Waals surface area contributed by atoms with Crippen LogP contribution in [0.2, 0.25) is 0 Å². The van der Waals surface area contributed by atoms with Gasteiger partial charge in [-0.05, 0) is 116 Å². The first-order valence-electron chi connectivity index (χ1n) is 34.7. The Labute approximate surface area is 513 Å². The van der Waals surface area contributed by atoms with Crippen molar-refractivity contribution in [1.82, 2.24) is 0 Å². The number of hydrogen-bond donors (Lipinski definition) is 0. The lowest BCUT2D eigenvalue weighted by Crippen LogP contribution is -2.30. The van der Waals surface area contributed by atoms with Crippen LogP contribution in [0.3, 0.4) is 0 Å². The standard InChI is InChI=1S/C77H128O6/c1-4-7-10-13-15-17-19-21-23-25-27-29-31-33-35-36-37-38-39-40-42-43-45-47-49-51-53-55-57-59-61-64-67-70-76(79)82-73-74(72-81-75(78)69-66-63-12-9-6-3)83-77(80)71-68-65-62-60-58-56-54-52-50-48-46-44-41-34-32-30-28-26-24-22-20-18-16-14-11-8-5-2/h7-8,10-11,15-18,21-24,27-30,34,41,46,48,52,54,74H,4-6,9,12-14,19-20,25-26,31-33,35-40,42-45,47,49-51,53,55-73H2,1-3H3/b10-7-,11-8-,17-15-,18-16-,23-21-,24-22-,29-27-,30-28-,41-34-,48-46-,54-52-. The molecule has 0 N–H and O–H groups in total. The molecule has 83 heavy (non-hydrogen) atoms. The number of rotatable bonds is 62. The van der Waals surface area contributed by atoms with Gasteiger partial charge >= 0.3 is 17.9 Å². The van der Waals surface area contributed by atoms with Crippen LogP contribution in [0.25, 0.3) is 0 Å². The topological polar surface area (TPSA) is 78.9 Å². The van der Waals surface area contributed by atoms with Crippen molar-refractivity contribution in [2.24, 2.45) is 0 Å². The van der Waals surface area contributed by atoms with Gasteiger partial charge in [-0.3, -0.25) is 14.4 Å². The molecule has 0 radical (unpaired) electrons. The SMILES string of the molecule is CC/C=C\C/C=C\C/C=C\C/C=C\C/C=C\C/C=C\C/C=C\CCCCCCCC(=O)OC(COC(=O)CCCCCCC)COC(=O)CCCCCCCCCCCCCCCCCCCCCC/C=C\C/C=C\C/C=C\C/C=C\CC. The first kappa shape index (κ1) is 78.5. The second-order valence-corrected chi connectivity index (χ2v) is 22.7. The maximum absolute atomic E-state index is 12.8. The van der Waals surface area contributed by atoms with Crippen molar-refractivity contribution >= 4 is 17.9 Å². The summed E-state index contributed by atoms with van der Waals surface area (Å²) in [6.45, 7) is 6.33. The molecule has 6 heteroatoms. The van der Waals surface area contributed by atoms with Crippen LogP contribution in [0.1, 0.15) is 316 Å². The Morgan fingerprint density at radius 2 is 0.470 bits per heavy atom. The van der Waals surface area contributed by atoms with E-state index < -0.39 is 6.10 Å². The number of allylic oxidation sites excluding steroid dienone is 22. The fraction of sp³-hybridized carbons (Fsp3) is 0.675. The number of hydrogen-bond acceptors (Lipinski definition) is 6. The van der Waals surface area contributed by atoms with E-state index in [2.05, 4.69) is 154 Å². The molecule has 0 aliphatic carbocycles. The van der Waals surface area contributed by atoms with Crippen molar-refractivity contribution in [3.63, 3.8) is 0 Å². The molecule has 0 fully saturated rings. The Bertz CT molecular complexity index is 1750. The van der Waals surface area contributed by atoms with Gasteiger partial charge in [-0.2, -0.15) is 0 Å². The van der Waals surface area contributed by atoms with E-state index in [0.29, 0.717) is 19.3 Å². The Morgan fingerprint density at radius 3 is 0.735 bits per heavy atom. The minimum absolute atomic E-state index is 0.0860. The zero-order valence-corrected chi connectivity index (χ0v) is 54.2. The number of carbonyl (C=O) groups excluding carboxylic acids is 3. The van der Waals surface area contributed by atoms with Crippen LogP contribution >= 0.6 is 0 Å².